The van der Waals surface area contributed by atoms with Crippen LogP contribution in [-0.4, -0.2) is 26.4 Å². The third kappa shape index (κ3) is 3.72. The van der Waals surface area contributed by atoms with Gasteiger partial charge in [-0.15, -0.1) is 0 Å². The second-order valence-electron chi connectivity index (χ2n) is 4.48. The molecule has 0 aliphatic heterocycles. The number of hydrogen-bond donors (Lipinski definition) is 1. The first-order valence-electron chi connectivity index (χ1n) is 6.46. The molecule has 2 rings (SSSR count). The minimum Gasteiger partial charge on any atom is -0.545 e. The van der Waals surface area contributed by atoms with Crippen LogP contribution in [0.15, 0.2) is 57.2 Å². The molecule has 0 aliphatic rings. The monoisotopic (exact) mass is 367 g/mol. The molecule has 24 heavy (non-hydrogen) atoms. The van der Waals surface area contributed by atoms with Gasteiger partial charge in [-0.1, -0.05) is 30.0 Å². The molecule has 126 valence electrons. The zero-order chi connectivity index (χ0) is 17.9. The van der Waals surface area contributed by atoms with Crippen molar-refractivity contribution in [3.8, 4) is 0 Å². The molecule has 8 nitrogen and oxygen atoms in total. The van der Waals surface area contributed by atoms with Crippen LogP contribution in [0.2, 0.25) is 0 Å². The molecule has 0 aliphatic carbocycles. The Morgan fingerprint density at radius 1 is 1.17 bits per heavy atom. The highest BCUT2D eigenvalue weighted by molar-refractivity contribution is 8.00. The molecule has 0 saturated carbocycles. The van der Waals surface area contributed by atoms with E-state index in [9.17, 15) is 28.4 Å². The summed E-state index contributed by atoms with van der Waals surface area (Å²) in [7, 11) is -2.80. The number of nitro groups is 1. The lowest BCUT2D eigenvalue weighted by Gasteiger charge is -2.12. The van der Waals surface area contributed by atoms with E-state index in [4.69, 9.17) is 0 Å². The largest absolute Gasteiger partial charge is 0.545 e. The highest BCUT2D eigenvalue weighted by atomic mass is 32.2. The number of non-ortho nitro benzene ring substituents is 1. The van der Waals surface area contributed by atoms with E-state index in [2.05, 4.69) is 4.72 Å². The molecular weight excluding hydrogens is 356 g/mol. The normalized spacial score (nSPS) is 11.2. The van der Waals surface area contributed by atoms with Crippen molar-refractivity contribution in [2.45, 2.75) is 14.7 Å². The van der Waals surface area contributed by atoms with Gasteiger partial charge >= 0.3 is 0 Å². The fourth-order valence-corrected chi connectivity index (χ4v) is 4.08. The molecule has 0 bridgehead atoms. The summed E-state index contributed by atoms with van der Waals surface area (Å²) < 4.78 is 26.4. The first-order chi connectivity index (χ1) is 11.3. The van der Waals surface area contributed by atoms with Crippen molar-refractivity contribution in [1.82, 2.24) is 4.72 Å². The molecule has 0 saturated heterocycles. The lowest BCUT2D eigenvalue weighted by Crippen LogP contribution is -2.23. The van der Waals surface area contributed by atoms with Crippen LogP contribution in [0, 0.1) is 10.1 Å². The van der Waals surface area contributed by atoms with Crippen LogP contribution in [0.5, 0.6) is 0 Å². The van der Waals surface area contributed by atoms with E-state index in [1.165, 1.54) is 31.3 Å². The number of benzene rings is 2. The number of hydrogen-bond acceptors (Lipinski definition) is 7. The lowest BCUT2D eigenvalue weighted by molar-refractivity contribution is -0.385. The molecule has 0 spiro atoms. The van der Waals surface area contributed by atoms with Crippen molar-refractivity contribution in [3.63, 3.8) is 0 Å². The molecule has 0 unspecified atom stereocenters. The van der Waals surface area contributed by atoms with E-state index < -0.39 is 20.9 Å². The molecule has 2 aromatic rings. The van der Waals surface area contributed by atoms with Gasteiger partial charge in [0.25, 0.3) is 5.69 Å². The fourth-order valence-electron chi connectivity index (χ4n) is 1.86. The van der Waals surface area contributed by atoms with Crippen LogP contribution in [0.3, 0.4) is 0 Å². The van der Waals surface area contributed by atoms with Gasteiger partial charge in [-0.3, -0.25) is 10.1 Å². The first-order valence-corrected chi connectivity index (χ1v) is 8.76. The van der Waals surface area contributed by atoms with E-state index in [-0.39, 0.29) is 25.9 Å². The van der Waals surface area contributed by atoms with Crippen LogP contribution in [0.25, 0.3) is 0 Å². The Balaban J connectivity index is 2.59. The number of carbonyl (C=O) groups excluding carboxylic acids is 1. The van der Waals surface area contributed by atoms with Crippen molar-refractivity contribution in [3.05, 3.63) is 58.1 Å². The topological polar surface area (TPSA) is 129 Å². The second kappa shape index (κ2) is 6.99. The lowest BCUT2D eigenvalue weighted by atomic mass is 10.2. The number of aromatic carboxylic acids is 1. The predicted molar refractivity (Wildman–Crippen MR) is 84.2 cm³/mol. The molecule has 0 heterocycles. The third-order valence-corrected chi connectivity index (χ3v) is 5.76. The van der Waals surface area contributed by atoms with Crippen molar-refractivity contribution in [2.24, 2.45) is 0 Å². The summed E-state index contributed by atoms with van der Waals surface area (Å²) in [4.78, 5) is 21.4. The molecule has 0 atom stereocenters. The Labute approximate surface area is 141 Å². The van der Waals surface area contributed by atoms with E-state index >= 15 is 0 Å². The summed E-state index contributed by atoms with van der Waals surface area (Å²) in [5.74, 6) is -1.40. The highest BCUT2D eigenvalue weighted by Gasteiger charge is 2.22. The number of carboxylic acids is 1. The summed E-state index contributed by atoms with van der Waals surface area (Å²) in [6.07, 6.45) is 0. The van der Waals surface area contributed by atoms with Crippen LogP contribution < -0.4 is 9.83 Å². The van der Waals surface area contributed by atoms with Crippen molar-refractivity contribution >= 4 is 33.4 Å². The maximum absolute atomic E-state index is 12.1. The Hall–Kier alpha value is -2.43. The van der Waals surface area contributed by atoms with Gasteiger partial charge in [0, 0.05) is 27.5 Å². The van der Waals surface area contributed by atoms with Crippen molar-refractivity contribution < 1.29 is 23.2 Å². The zero-order valence-corrected chi connectivity index (χ0v) is 13.9. The summed E-state index contributed by atoms with van der Waals surface area (Å²) >= 11 is 0.869. The minimum absolute atomic E-state index is 0.103. The fraction of sp³-hybridized carbons (Fsp3) is 0.0714. The number of sulfonamides is 1. The number of nitrogens with one attached hydrogen (secondary N) is 1. The molecule has 0 aromatic heterocycles. The average molecular weight is 367 g/mol. The number of nitro benzene ring substituents is 1. The first kappa shape index (κ1) is 17.9. The van der Waals surface area contributed by atoms with Crippen molar-refractivity contribution in [2.75, 3.05) is 7.05 Å². The van der Waals surface area contributed by atoms with Crippen LogP contribution >= 0.6 is 11.8 Å². The third-order valence-electron chi connectivity index (χ3n) is 3.02. The molecule has 0 amide bonds. The van der Waals surface area contributed by atoms with Gasteiger partial charge in [-0.25, -0.2) is 13.1 Å². The maximum Gasteiger partial charge on any atom is 0.270 e. The second-order valence-corrected chi connectivity index (χ2v) is 7.42. The van der Waals surface area contributed by atoms with E-state index in [1.807, 2.05) is 0 Å². The maximum atomic E-state index is 12.1. The van der Waals surface area contributed by atoms with Crippen molar-refractivity contribution in [1.29, 1.82) is 0 Å². The highest BCUT2D eigenvalue weighted by Crippen LogP contribution is 2.36. The van der Waals surface area contributed by atoms with Crippen LogP contribution in [0.1, 0.15) is 10.4 Å². The van der Waals surface area contributed by atoms with Gasteiger partial charge in [-0.2, -0.15) is 0 Å². The van der Waals surface area contributed by atoms with E-state index in [0.29, 0.717) is 0 Å². The SMILES string of the molecule is CNS(=O)(=O)c1cc([N+](=O)[O-])ccc1Sc1ccccc1C(=O)[O-]. The number of rotatable bonds is 6. The smallest absolute Gasteiger partial charge is 0.270 e. The van der Waals surface area contributed by atoms with Crippen LogP contribution in [0.4, 0.5) is 5.69 Å². The quantitative estimate of drug-likeness (QED) is 0.596. The molecule has 0 fully saturated rings. The molecule has 1 N–H and O–H groups in total. The molecule has 0 radical (unpaired) electrons. The minimum atomic E-state index is -3.98. The van der Waals surface area contributed by atoms with Gasteiger partial charge < -0.3 is 9.90 Å². The number of carbonyl (C=O) groups is 1. The Morgan fingerprint density at radius 2 is 1.83 bits per heavy atom. The van der Waals surface area contributed by atoms with Gasteiger partial charge in [0.2, 0.25) is 10.0 Å². The van der Waals surface area contributed by atoms with Crippen LogP contribution in [-0.2, 0) is 10.0 Å². The molecular formula is C14H11N2O6S2-. The summed E-state index contributed by atoms with van der Waals surface area (Å²) in [6, 6.07) is 9.26. The Bertz CT molecular complexity index is 911. The predicted octanol–water partition coefficient (Wildman–Crippen LogP) is 1.02. The number of carboxylic acid groups (broad SMARTS) is 1. The Kier molecular flexibility index (Phi) is 5.22. The van der Waals surface area contributed by atoms with E-state index in [1.54, 1.807) is 6.07 Å². The molecule has 10 heteroatoms. The molecule has 2 aromatic carbocycles. The zero-order valence-electron chi connectivity index (χ0n) is 12.3. The van der Waals surface area contributed by atoms with Gasteiger partial charge in [0.05, 0.1) is 10.9 Å². The Morgan fingerprint density at radius 3 is 2.42 bits per heavy atom. The van der Waals surface area contributed by atoms with E-state index in [0.717, 1.165) is 23.9 Å². The summed E-state index contributed by atoms with van der Waals surface area (Å²) in [6.45, 7) is 0. The standard InChI is InChI=1S/C14H12N2O6S2/c1-15-24(21,22)13-8-9(16(19)20)6-7-12(13)23-11-5-3-2-4-10(11)14(17)18/h2-8,15H,1H3,(H,17,18)/p-1. The van der Waals surface area contributed by atoms with Gasteiger partial charge in [-0.05, 0) is 19.2 Å². The summed E-state index contributed by atoms with van der Waals surface area (Å²) in [5, 5.41) is 22.0. The average Bonchev–Trinajstić information content (AvgIpc) is 2.55. The summed E-state index contributed by atoms with van der Waals surface area (Å²) in [5.41, 5.74) is -0.491. The number of nitrogens with zero attached hydrogens (tertiary/aromatic N) is 1. The van der Waals surface area contributed by atoms with Gasteiger partial charge in [0.1, 0.15) is 4.90 Å². The van der Waals surface area contributed by atoms with Gasteiger partial charge in [0.15, 0.2) is 0 Å².